The number of carbonyl (C=O) groups excluding carboxylic acids is 1. The average molecular weight is 379 g/mol. The standard InChI is InChI=1S/C18H19F2N3O4/c1-10-6-16(23(25)26)17(27-3)8-15(10)22-18(24)9-21-11(2)13-5-4-12(19)7-14(13)20/h4-8,11,21H,9H2,1-3H3,(H,22,24)/t11-/m0/s1. The second-order valence-corrected chi connectivity index (χ2v) is 5.91. The summed E-state index contributed by atoms with van der Waals surface area (Å²) in [5.74, 6) is -1.78. The summed E-state index contributed by atoms with van der Waals surface area (Å²) in [6.45, 7) is 3.12. The summed E-state index contributed by atoms with van der Waals surface area (Å²) in [5, 5.41) is 16.5. The number of nitrogens with zero attached hydrogens (tertiary/aromatic N) is 1. The summed E-state index contributed by atoms with van der Waals surface area (Å²) in [5.41, 5.74) is 0.891. The molecular formula is C18H19F2N3O4. The lowest BCUT2D eigenvalue weighted by atomic mass is 10.1. The first kappa shape index (κ1) is 20.2. The molecule has 144 valence electrons. The molecule has 27 heavy (non-hydrogen) atoms. The molecule has 2 aromatic rings. The van der Waals surface area contributed by atoms with Gasteiger partial charge in [-0.15, -0.1) is 0 Å². The summed E-state index contributed by atoms with van der Waals surface area (Å²) < 4.78 is 31.7. The number of hydrogen-bond acceptors (Lipinski definition) is 5. The molecule has 7 nitrogen and oxygen atoms in total. The minimum Gasteiger partial charge on any atom is -0.490 e. The van der Waals surface area contributed by atoms with E-state index in [9.17, 15) is 23.7 Å². The van der Waals surface area contributed by atoms with E-state index in [1.807, 2.05) is 0 Å². The van der Waals surface area contributed by atoms with Gasteiger partial charge in [-0.3, -0.25) is 14.9 Å². The summed E-state index contributed by atoms with van der Waals surface area (Å²) in [7, 11) is 1.30. The molecule has 2 aromatic carbocycles. The Hall–Kier alpha value is -3.07. The lowest BCUT2D eigenvalue weighted by Crippen LogP contribution is -2.30. The summed E-state index contributed by atoms with van der Waals surface area (Å²) in [6, 6.07) is 5.38. The minimum atomic E-state index is -0.702. The van der Waals surface area contributed by atoms with Gasteiger partial charge in [0.25, 0.3) is 0 Å². The maximum Gasteiger partial charge on any atom is 0.311 e. The second kappa shape index (κ2) is 8.54. The third-order valence-corrected chi connectivity index (χ3v) is 3.99. The molecule has 0 spiro atoms. The Bertz CT molecular complexity index is 874. The molecular weight excluding hydrogens is 360 g/mol. The van der Waals surface area contributed by atoms with Gasteiger partial charge in [-0.1, -0.05) is 6.07 Å². The third kappa shape index (κ3) is 4.98. The number of halogens is 2. The molecule has 0 bridgehead atoms. The van der Waals surface area contributed by atoms with Crippen LogP contribution in [0.25, 0.3) is 0 Å². The fraction of sp³-hybridized carbons (Fsp3) is 0.278. The van der Waals surface area contributed by atoms with Crippen LogP contribution in [-0.2, 0) is 4.79 Å². The summed E-state index contributed by atoms with van der Waals surface area (Å²) in [4.78, 5) is 22.6. The number of ether oxygens (including phenoxy) is 1. The molecule has 0 saturated carbocycles. The van der Waals surface area contributed by atoms with Gasteiger partial charge in [0.2, 0.25) is 5.91 Å². The van der Waals surface area contributed by atoms with Crippen LogP contribution in [0, 0.1) is 28.7 Å². The van der Waals surface area contributed by atoms with Gasteiger partial charge in [0.05, 0.1) is 18.6 Å². The fourth-order valence-corrected chi connectivity index (χ4v) is 2.52. The van der Waals surface area contributed by atoms with Crippen LogP contribution < -0.4 is 15.4 Å². The van der Waals surface area contributed by atoms with Gasteiger partial charge in [-0.05, 0) is 25.5 Å². The lowest BCUT2D eigenvalue weighted by Gasteiger charge is -2.16. The van der Waals surface area contributed by atoms with Crippen LogP contribution in [0.5, 0.6) is 5.75 Å². The molecule has 0 heterocycles. The highest BCUT2D eigenvalue weighted by Gasteiger charge is 2.19. The Labute approximate surface area is 154 Å². The van der Waals surface area contributed by atoms with Crippen molar-refractivity contribution in [2.45, 2.75) is 19.9 Å². The van der Waals surface area contributed by atoms with Crippen LogP contribution in [0.1, 0.15) is 24.1 Å². The Morgan fingerprint density at radius 3 is 2.59 bits per heavy atom. The quantitative estimate of drug-likeness (QED) is 0.567. The largest absolute Gasteiger partial charge is 0.490 e. The van der Waals surface area contributed by atoms with Crippen molar-refractivity contribution < 1.29 is 23.2 Å². The number of hydrogen-bond donors (Lipinski definition) is 2. The van der Waals surface area contributed by atoms with Crippen LogP contribution in [0.15, 0.2) is 30.3 Å². The normalized spacial score (nSPS) is 11.7. The van der Waals surface area contributed by atoms with E-state index in [2.05, 4.69) is 10.6 Å². The number of benzene rings is 2. The SMILES string of the molecule is COc1cc(NC(=O)CN[C@@H](C)c2ccc(F)cc2F)c(C)cc1[N+](=O)[O-]. The van der Waals surface area contributed by atoms with Crippen molar-refractivity contribution in [3.63, 3.8) is 0 Å². The van der Waals surface area contributed by atoms with Gasteiger partial charge in [-0.25, -0.2) is 8.78 Å². The van der Waals surface area contributed by atoms with Crippen LogP contribution in [-0.4, -0.2) is 24.5 Å². The van der Waals surface area contributed by atoms with Crippen molar-refractivity contribution in [2.24, 2.45) is 0 Å². The zero-order valence-corrected chi connectivity index (χ0v) is 15.0. The van der Waals surface area contributed by atoms with Crippen molar-refractivity contribution in [2.75, 3.05) is 19.0 Å². The predicted molar refractivity (Wildman–Crippen MR) is 95.8 cm³/mol. The van der Waals surface area contributed by atoms with Crippen LogP contribution in [0.4, 0.5) is 20.2 Å². The van der Waals surface area contributed by atoms with Crippen molar-refractivity contribution in [1.29, 1.82) is 0 Å². The van der Waals surface area contributed by atoms with E-state index < -0.39 is 28.5 Å². The second-order valence-electron chi connectivity index (χ2n) is 5.91. The monoisotopic (exact) mass is 379 g/mol. The molecule has 0 fully saturated rings. The highest BCUT2D eigenvalue weighted by molar-refractivity contribution is 5.93. The van der Waals surface area contributed by atoms with Crippen LogP contribution in [0.3, 0.4) is 0 Å². The maximum atomic E-state index is 13.8. The Balaban J connectivity index is 2.04. The molecule has 1 atom stereocenters. The highest BCUT2D eigenvalue weighted by atomic mass is 19.1. The van der Waals surface area contributed by atoms with E-state index in [1.54, 1.807) is 13.8 Å². The molecule has 0 radical (unpaired) electrons. The van der Waals surface area contributed by atoms with E-state index >= 15 is 0 Å². The van der Waals surface area contributed by atoms with E-state index in [4.69, 9.17) is 4.74 Å². The number of carbonyl (C=O) groups is 1. The number of nitro groups is 1. The summed E-state index contributed by atoms with van der Waals surface area (Å²) in [6.07, 6.45) is 0. The number of nitrogens with one attached hydrogen (secondary N) is 2. The van der Waals surface area contributed by atoms with Gasteiger partial charge < -0.3 is 15.4 Å². The summed E-state index contributed by atoms with van der Waals surface area (Å²) >= 11 is 0. The zero-order chi connectivity index (χ0) is 20.1. The number of amides is 1. The first-order valence-corrected chi connectivity index (χ1v) is 8.04. The predicted octanol–water partition coefficient (Wildman–Crippen LogP) is 3.48. The number of rotatable bonds is 7. The molecule has 0 aliphatic heterocycles. The topological polar surface area (TPSA) is 93.5 Å². The van der Waals surface area contributed by atoms with Crippen LogP contribution in [0.2, 0.25) is 0 Å². The first-order valence-electron chi connectivity index (χ1n) is 8.04. The molecule has 0 unspecified atom stereocenters. The zero-order valence-electron chi connectivity index (χ0n) is 15.0. The average Bonchev–Trinajstić information content (AvgIpc) is 2.60. The number of nitro benzene ring substituents is 1. The molecule has 0 saturated heterocycles. The number of aryl methyl sites for hydroxylation is 1. The molecule has 0 aliphatic rings. The fourth-order valence-electron chi connectivity index (χ4n) is 2.52. The molecule has 1 amide bonds. The molecule has 9 heteroatoms. The first-order chi connectivity index (χ1) is 12.7. The van der Waals surface area contributed by atoms with Crippen molar-refractivity contribution in [3.8, 4) is 5.75 Å². The Kier molecular flexibility index (Phi) is 6.40. The maximum absolute atomic E-state index is 13.8. The smallest absolute Gasteiger partial charge is 0.311 e. The number of methoxy groups -OCH3 is 1. The minimum absolute atomic E-state index is 0.0237. The van der Waals surface area contributed by atoms with Crippen molar-refractivity contribution >= 4 is 17.3 Å². The highest BCUT2D eigenvalue weighted by Crippen LogP contribution is 2.32. The van der Waals surface area contributed by atoms with E-state index in [-0.39, 0.29) is 23.5 Å². The van der Waals surface area contributed by atoms with Crippen molar-refractivity contribution in [1.82, 2.24) is 5.32 Å². The van der Waals surface area contributed by atoms with Gasteiger partial charge >= 0.3 is 5.69 Å². The molecule has 0 aromatic heterocycles. The van der Waals surface area contributed by atoms with E-state index in [0.717, 1.165) is 12.1 Å². The van der Waals surface area contributed by atoms with Crippen LogP contribution >= 0.6 is 0 Å². The van der Waals surface area contributed by atoms with Gasteiger partial charge in [-0.2, -0.15) is 0 Å². The Morgan fingerprint density at radius 1 is 1.30 bits per heavy atom. The lowest BCUT2D eigenvalue weighted by molar-refractivity contribution is -0.385. The molecule has 2 N–H and O–H groups in total. The number of anilines is 1. The molecule has 0 aliphatic carbocycles. The van der Waals surface area contributed by atoms with Gasteiger partial charge in [0.15, 0.2) is 5.75 Å². The van der Waals surface area contributed by atoms with E-state index in [0.29, 0.717) is 11.3 Å². The van der Waals surface area contributed by atoms with Crippen molar-refractivity contribution in [3.05, 3.63) is 63.2 Å². The third-order valence-electron chi connectivity index (χ3n) is 3.99. The Morgan fingerprint density at radius 2 is 2.00 bits per heavy atom. The molecule has 2 rings (SSSR count). The van der Waals surface area contributed by atoms with Gasteiger partial charge in [0, 0.05) is 35.5 Å². The van der Waals surface area contributed by atoms with E-state index in [1.165, 1.54) is 25.3 Å². The van der Waals surface area contributed by atoms with Gasteiger partial charge in [0.1, 0.15) is 11.6 Å².